The lowest BCUT2D eigenvalue weighted by molar-refractivity contribution is 0.376. The molecule has 0 aliphatic carbocycles. The predicted molar refractivity (Wildman–Crippen MR) is 112 cm³/mol. The van der Waals surface area contributed by atoms with Gasteiger partial charge in [0.1, 0.15) is 0 Å². The van der Waals surface area contributed by atoms with Gasteiger partial charge >= 0.3 is 0 Å². The smallest absolute Gasteiger partial charge is 0.165 e. The number of nitrogens with zero attached hydrogens (tertiary/aromatic N) is 1. The molecule has 4 aromatic carbocycles. The first kappa shape index (κ1) is 15.9. The lowest BCUT2D eigenvalue weighted by atomic mass is 9.91. The molecule has 0 atom stereocenters. The second kappa shape index (κ2) is 5.58. The van der Waals surface area contributed by atoms with E-state index in [0.717, 1.165) is 43.4 Å². The van der Waals surface area contributed by atoms with Gasteiger partial charge in [-0.05, 0) is 59.3 Å². The van der Waals surface area contributed by atoms with Crippen LogP contribution >= 0.6 is 0 Å². The van der Waals surface area contributed by atoms with E-state index in [-0.39, 0.29) is 5.75 Å². The predicted octanol–water partition coefficient (Wildman–Crippen LogP) is 6.03. The van der Waals surface area contributed by atoms with Crippen molar-refractivity contribution < 1.29 is 9.84 Å². The first-order chi connectivity index (χ1) is 13.1. The van der Waals surface area contributed by atoms with Crippen molar-refractivity contribution in [3.8, 4) is 11.5 Å². The molecule has 0 aliphatic rings. The van der Waals surface area contributed by atoms with Gasteiger partial charge in [0, 0.05) is 27.7 Å². The molecule has 132 valence electrons. The van der Waals surface area contributed by atoms with E-state index in [1.165, 1.54) is 10.9 Å². The van der Waals surface area contributed by atoms with E-state index in [4.69, 9.17) is 9.72 Å². The van der Waals surface area contributed by atoms with E-state index in [9.17, 15) is 5.11 Å². The van der Waals surface area contributed by atoms with Gasteiger partial charge in [-0.25, -0.2) is 0 Å². The number of aromatic nitrogens is 1. The summed E-state index contributed by atoms with van der Waals surface area (Å²) in [5, 5.41) is 18.3. The van der Waals surface area contributed by atoms with Gasteiger partial charge in [-0.3, -0.25) is 4.98 Å². The number of rotatable bonds is 1. The number of methoxy groups -OCH3 is 1. The van der Waals surface area contributed by atoms with Crippen LogP contribution in [0.25, 0.3) is 43.2 Å². The third-order valence-corrected chi connectivity index (χ3v) is 5.56. The number of ether oxygens (including phenoxy) is 1. The summed E-state index contributed by atoms with van der Waals surface area (Å²) >= 11 is 0. The fourth-order valence-electron chi connectivity index (χ4n) is 4.35. The molecular formula is C24H19NO2. The summed E-state index contributed by atoms with van der Waals surface area (Å²) in [6, 6.07) is 16.5. The molecule has 0 unspecified atom stereocenters. The van der Waals surface area contributed by atoms with Crippen LogP contribution in [0.3, 0.4) is 0 Å². The zero-order chi connectivity index (χ0) is 18.7. The Balaban J connectivity index is 2.03. The highest BCUT2D eigenvalue weighted by Crippen LogP contribution is 2.42. The Morgan fingerprint density at radius 2 is 1.67 bits per heavy atom. The van der Waals surface area contributed by atoms with Crippen LogP contribution in [-0.4, -0.2) is 17.2 Å². The summed E-state index contributed by atoms with van der Waals surface area (Å²) in [5.74, 6) is 0.688. The van der Waals surface area contributed by atoms with Crippen LogP contribution in [0.1, 0.15) is 11.1 Å². The SMILES string of the molecule is COc1ccc2cc3c(c(C)cc4c5ccccc5cnc34)c(C)c2c1O. The second-order valence-corrected chi connectivity index (χ2v) is 7.07. The molecule has 0 saturated heterocycles. The molecule has 3 heteroatoms. The molecule has 0 amide bonds. The highest BCUT2D eigenvalue weighted by molar-refractivity contribution is 6.20. The molecule has 1 N–H and O–H groups in total. The molecule has 0 spiro atoms. The maximum atomic E-state index is 10.7. The topological polar surface area (TPSA) is 42.4 Å². The minimum Gasteiger partial charge on any atom is -0.504 e. The highest BCUT2D eigenvalue weighted by atomic mass is 16.5. The number of phenols is 1. The molecule has 5 aromatic rings. The molecule has 0 radical (unpaired) electrons. The van der Waals surface area contributed by atoms with E-state index in [0.29, 0.717) is 5.75 Å². The van der Waals surface area contributed by atoms with Crippen LogP contribution < -0.4 is 4.74 Å². The third-order valence-electron chi connectivity index (χ3n) is 5.56. The summed E-state index contributed by atoms with van der Waals surface area (Å²) in [4.78, 5) is 4.80. The molecule has 0 aliphatic heterocycles. The van der Waals surface area contributed by atoms with E-state index in [2.05, 4.69) is 44.2 Å². The minimum atomic E-state index is 0.195. The summed E-state index contributed by atoms with van der Waals surface area (Å²) in [5.41, 5.74) is 3.22. The fourth-order valence-corrected chi connectivity index (χ4v) is 4.35. The molecule has 0 saturated carbocycles. The normalized spacial score (nSPS) is 11.7. The third kappa shape index (κ3) is 2.12. The first-order valence-electron chi connectivity index (χ1n) is 9.00. The number of aryl methyl sites for hydroxylation is 2. The van der Waals surface area contributed by atoms with Crippen molar-refractivity contribution in [1.82, 2.24) is 4.98 Å². The van der Waals surface area contributed by atoms with Gasteiger partial charge in [0.05, 0.1) is 12.6 Å². The number of benzene rings is 4. The van der Waals surface area contributed by atoms with Crippen LogP contribution in [0.5, 0.6) is 11.5 Å². The fraction of sp³-hybridized carbons (Fsp3) is 0.125. The Kier molecular flexibility index (Phi) is 3.28. The molecule has 27 heavy (non-hydrogen) atoms. The Bertz CT molecular complexity index is 1390. The van der Waals surface area contributed by atoms with Gasteiger partial charge in [-0.2, -0.15) is 0 Å². The molecule has 0 fully saturated rings. The van der Waals surface area contributed by atoms with E-state index >= 15 is 0 Å². The summed E-state index contributed by atoms with van der Waals surface area (Å²) < 4.78 is 5.31. The van der Waals surface area contributed by atoms with Gasteiger partial charge in [-0.15, -0.1) is 0 Å². The lowest BCUT2D eigenvalue weighted by Gasteiger charge is -2.15. The van der Waals surface area contributed by atoms with Gasteiger partial charge in [0.2, 0.25) is 0 Å². The zero-order valence-corrected chi connectivity index (χ0v) is 15.5. The van der Waals surface area contributed by atoms with Crippen molar-refractivity contribution in [3.63, 3.8) is 0 Å². The number of pyridine rings is 1. The van der Waals surface area contributed by atoms with Crippen LogP contribution in [-0.2, 0) is 0 Å². The molecule has 1 heterocycles. The molecular weight excluding hydrogens is 334 g/mol. The van der Waals surface area contributed by atoms with E-state index < -0.39 is 0 Å². The van der Waals surface area contributed by atoms with Gasteiger partial charge < -0.3 is 9.84 Å². The van der Waals surface area contributed by atoms with E-state index in [1.807, 2.05) is 24.4 Å². The maximum absolute atomic E-state index is 10.7. The van der Waals surface area contributed by atoms with Crippen molar-refractivity contribution in [2.45, 2.75) is 13.8 Å². The van der Waals surface area contributed by atoms with Crippen molar-refractivity contribution in [3.05, 3.63) is 65.9 Å². The van der Waals surface area contributed by atoms with Gasteiger partial charge in [0.15, 0.2) is 11.5 Å². The van der Waals surface area contributed by atoms with Crippen LogP contribution in [0.2, 0.25) is 0 Å². The second-order valence-electron chi connectivity index (χ2n) is 7.07. The quantitative estimate of drug-likeness (QED) is 0.296. The Hall–Kier alpha value is -3.33. The highest BCUT2D eigenvalue weighted by Gasteiger charge is 2.16. The molecule has 0 bridgehead atoms. The van der Waals surface area contributed by atoms with Crippen LogP contribution in [0, 0.1) is 13.8 Å². The molecule has 3 nitrogen and oxygen atoms in total. The minimum absolute atomic E-state index is 0.195. The summed E-state index contributed by atoms with van der Waals surface area (Å²) in [6.45, 7) is 4.18. The number of phenolic OH excluding ortho intramolecular Hbond substituents is 1. The Morgan fingerprint density at radius 3 is 2.48 bits per heavy atom. The average Bonchev–Trinajstić information content (AvgIpc) is 2.68. The molecule has 1 aromatic heterocycles. The summed E-state index contributed by atoms with van der Waals surface area (Å²) in [7, 11) is 1.57. The van der Waals surface area contributed by atoms with Crippen molar-refractivity contribution >= 4 is 43.2 Å². The molecule has 5 rings (SSSR count). The lowest BCUT2D eigenvalue weighted by Crippen LogP contribution is -1.92. The van der Waals surface area contributed by atoms with Crippen LogP contribution in [0.15, 0.2) is 54.7 Å². The van der Waals surface area contributed by atoms with Crippen molar-refractivity contribution in [2.24, 2.45) is 0 Å². The Labute approximate surface area is 156 Å². The van der Waals surface area contributed by atoms with Crippen molar-refractivity contribution in [1.29, 1.82) is 0 Å². The maximum Gasteiger partial charge on any atom is 0.165 e. The Morgan fingerprint density at radius 1 is 0.852 bits per heavy atom. The average molecular weight is 353 g/mol. The van der Waals surface area contributed by atoms with Crippen LogP contribution in [0.4, 0.5) is 0 Å². The summed E-state index contributed by atoms with van der Waals surface area (Å²) in [6.07, 6.45) is 1.94. The largest absolute Gasteiger partial charge is 0.504 e. The van der Waals surface area contributed by atoms with Gasteiger partial charge in [0.25, 0.3) is 0 Å². The zero-order valence-electron chi connectivity index (χ0n) is 15.5. The number of aromatic hydroxyl groups is 1. The van der Waals surface area contributed by atoms with Crippen molar-refractivity contribution in [2.75, 3.05) is 7.11 Å². The number of fused-ring (bicyclic) bond motifs is 6. The number of hydrogen-bond donors (Lipinski definition) is 1. The standard InChI is InChI=1S/C24H19NO2/c1-13-10-18-17-7-5-4-6-16(17)12-25-23(18)19-11-15-8-9-20(27-3)24(26)22(15)14(2)21(13)19/h4-12,26H,1-3H3. The first-order valence-corrected chi connectivity index (χ1v) is 9.00. The van der Waals surface area contributed by atoms with E-state index in [1.54, 1.807) is 7.11 Å². The monoisotopic (exact) mass is 353 g/mol. The number of hydrogen-bond acceptors (Lipinski definition) is 3. The van der Waals surface area contributed by atoms with Gasteiger partial charge in [-0.1, -0.05) is 30.3 Å².